The minimum Gasteiger partial charge on any atom is -0.382 e. The summed E-state index contributed by atoms with van der Waals surface area (Å²) >= 11 is 0. The molecule has 1 rings (SSSR count). The predicted octanol–water partition coefficient (Wildman–Crippen LogP) is 2.84. The Morgan fingerprint density at radius 2 is 2.05 bits per heavy atom. The van der Waals surface area contributed by atoms with Crippen LogP contribution in [0.15, 0.2) is 24.3 Å². The van der Waals surface area contributed by atoms with Crippen LogP contribution in [0.25, 0.3) is 0 Å². The normalized spacial score (nSPS) is 10.7. The first-order valence-electron chi connectivity index (χ1n) is 7.30. The van der Waals surface area contributed by atoms with Crippen LogP contribution < -0.4 is 10.2 Å². The predicted molar refractivity (Wildman–Crippen MR) is 83.0 cm³/mol. The van der Waals surface area contributed by atoms with Crippen molar-refractivity contribution < 1.29 is 4.74 Å². The molecule has 0 spiro atoms. The summed E-state index contributed by atoms with van der Waals surface area (Å²) in [5, 5.41) is 3.48. The van der Waals surface area contributed by atoms with Crippen molar-refractivity contribution in [2.75, 3.05) is 44.8 Å². The van der Waals surface area contributed by atoms with E-state index >= 15 is 0 Å². The van der Waals surface area contributed by atoms with Crippen molar-refractivity contribution in [3.8, 4) is 0 Å². The zero-order valence-corrected chi connectivity index (χ0v) is 12.6. The molecule has 0 radical (unpaired) electrons. The zero-order valence-electron chi connectivity index (χ0n) is 12.6. The van der Waals surface area contributed by atoms with Gasteiger partial charge in [0.05, 0.1) is 0 Å². The lowest BCUT2D eigenvalue weighted by Crippen LogP contribution is -2.29. The van der Waals surface area contributed by atoms with Crippen molar-refractivity contribution in [2.45, 2.75) is 26.7 Å². The van der Waals surface area contributed by atoms with E-state index in [1.807, 2.05) is 6.92 Å². The van der Waals surface area contributed by atoms with Gasteiger partial charge in [-0.15, -0.1) is 0 Å². The summed E-state index contributed by atoms with van der Waals surface area (Å²) in [6.45, 7) is 9.03. The van der Waals surface area contributed by atoms with Gasteiger partial charge in [-0.1, -0.05) is 12.1 Å². The van der Waals surface area contributed by atoms with E-state index in [1.54, 1.807) is 0 Å². The fourth-order valence-corrected chi connectivity index (χ4v) is 1.96. The van der Waals surface area contributed by atoms with Gasteiger partial charge in [-0.25, -0.2) is 0 Å². The van der Waals surface area contributed by atoms with E-state index in [2.05, 4.69) is 48.5 Å². The van der Waals surface area contributed by atoms with Gasteiger partial charge in [0.25, 0.3) is 0 Å². The molecule has 1 aromatic carbocycles. The van der Waals surface area contributed by atoms with Gasteiger partial charge in [-0.05, 0) is 50.9 Å². The van der Waals surface area contributed by atoms with E-state index in [0.717, 1.165) is 39.3 Å². The molecule has 0 aromatic heterocycles. The van der Waals surface area contributed by atoms with Crippen LogP contribution in [0.3, 0.4) is 0 Å². The lowest BCUT2D eigenvalue weighted by Gasteiger charge is -2.20. The Kier molecular flexibility index (Phi) is 8.26. The molecule has 19 heavy (non-hydrogen) atoms. The molecule has 0 amide bonds. The van der Waals surface area contributed by atoms with E-state index in [1.165, 1.54) is 17.7 Å². The van der Waals surface area contributed by atoms with Crippen molar-refractivity contribution in [2.24, 2.45) is 0 Å². The lowest BCUT2D eigenvalue weighted by atomic mass is 10.2. The standard InChI is InChI=1S/C16H28N2O/c1-4-19-13-6-5-10-17-11-12-18(3)16-9-7-8-15(2)14-16/h7-9,14,17H,4-6,10-13H2,1-3H3. The third-order valence-corrected chi connectivity index (χ3v) is 3.16. The SMILES string of the molecule is CCOCCCCNCCN(C)c1cccc(C)c1. The molecule has 0 aliphatic rings. The number of ether oxygens (including phenoxy) is 1. The van der Waals surface area contributed by atoms with Crippen LogP contribution in [0.2, 0.25) is 0 Å². The third kappa shape index (κ3) is 7.19. The number of nitrogens with zero attached hydrogens (tertiary/aromatic N) is 1. The quantitative estimate of drug-likeness (QED) is 0.658. The van der Waals surface area contributed by atoms with Crippen LogP contribution in [0.1, 0.15) is 25.3 Å². The number of unbranched alkanes of at least 4 members (excludes halogenated alkanes) is 1. The summed E-state index contributed by atoms with van der Waals surface area (Å²) in [7, 11) is 2.14. The Balaban J connectivity index is 2.06. The topological polar surface area (TPSA) is 24.5 Å². The van der Waals surface area contributed by atoms with Crippen LogP contribution in [-0.4, -0.2) is 39.9 Å². The maximum Gasteiger partial charge on any atom is 0.0466 e. The molecule has 3 nitrogen and oxygen atoms in total. The summed E-state index contributed by atoms with van der Waals surface area (Å²) < 4.78 is 5.31. The molecule has 0 aliphatic carbocycles. The monoisotopic (exact) mass is 264 g/mol. The van der Waals surface area contributed by atoms with Crippen LogP contribution in [0.5, 0.6) is 0 Å². The Bertz CT molecular complexity index is 341. The molecule has 3 heteroatoms. The molecule has 1 aromatic rings. The largest absolute Gasteiger partial charge is 0.382 e. The first kappa shape index (κ1) is 16.0. The molecule has 0 unspecified atom stereocenters. The summed E-state index contributed by atoms with van der Waals surface area (Å²) in [6, 6.07) is 8.63. The smallest absolute Gasteiger partial charge is 0.0466 e. The van der Waals surface area contributed by atoms with Gasteiger partial charge in [0.2, 0.25) is 0 Å². The molecule has 0 atom stereocenters. The second kappa shape index (κ2) is 9.82. The number of likely N-dealkylation sites (N-methyl/N-ethyl adjacent to an activating group) is 1. The van der Waals surface area contributed by atoms with Gasteiger partial charge in [0, 0.05) is 39.0 Å². The highest BCUT2D eigenvalue weighted by Crippen LogP contribution is 2.13. The summed E-state index contributed by atoms with van der Waals surface area (Å²) in [4.78, 5) is 2.29. The van der Waals surface area contributed by atoms with Crippen molar-refractivity contribution in [1.29, 1.82) is 0 Å². The first-order valence-corrected chi connectivity index (χ1v) is 7.30. The number of hydrogen-bond donors (Lipinski definition) is 1. The van der Waals surface area contributed by atoms with Crippen LogP contribution in [0.4, 0.5) is 5.69 Å². The molecule has 0 fully saturated rings. The van der Waals surface area contributed by atoms with Gasteiger partial charge < -0.3 is 15.0 Å². The van der Waals surface area contributed by atoms with Crippen molar-refractivity contribution in [1.82, 2.24) is 5.32 Å². The fourth-order valence-electron chi connectivity index (χ4n) is 1.96. The molecule has 0 bridgehead atoms. The van der Waals surface area contributed by atoms with Crippen LogP contribution in [0, 0.1) is 6.92 Å². The third-order valence-electron chi connectivity index (χ3n) is 3.16. The summed E-state index contributed by atoms with van der Waals surface area (Å²) in [5.74, 6) is 0. The van der Waals surface area contributed by atoms with E-state index in [0.29, 0.717) is 0 Å². The number of benzene rings is 1. The zero-order chi connectivity index (χ0) is 13.9. The average Bonchev–Trinajstić information content (AvgIpc) is 2.41. The van der Waals surface area contributed by atoms with Gasteiger partial charge in [0.15, 0.2) is 0 Å². The van der Waals surface area contributed by atoms with Crippen LogP contribution in [-0.2, 0) is 4.74 Å². The number of hydrogen-bond acceptors (Lipinski definition) is 3. The highest BCUT2D eigenvalue weighted by atomic mass is 16.5. The molecular formula is C16H28N2O. The Hall–Kier alpha value is -1.06. The minimum absolute atomic E-state index is 0.828. The van der Waals surface area contributed by atoms with Gasteiger partial charge in [0.1, 0.15) is 0 Å². The highest BCUT2D eigenvalue weighted by Gasteiger charge is 1.99. The average molecular weight is 264 g/mol. The van der Waals surface area contributed by atoms with Gasteiger partial charge in [-0.2, -0.15) is 0 Å². The fraction of sp³-hybridized carbons (Fsp3) is 0.625. The summed E-state index contributed by atoms with van der Waals surface area (Å²) in [5.41, 5.74) is 2.60. The van der Waals surface area contributed by atoms with Crippen molar-refractivity contribution in [3.63, 3.8) is 0 Å². The lowest BCUT2D eigenvalue weighted by molar-refractivity contribution is 0.143. The Morgan fingerprint density at radius 3 is 2.79 bits per heavy atom. The minimum atomic E-state index is 0.828. The number of anilines is 1. The van der Waals surface area contributed by atoms with E-state index in [9.17, 15) is 0 Å². The maximum absolute atomic E-state index is 5.31. The molecule has 0 saturated carbocycles. The Morgan fingerprint density at radius 1 is 1.21 bits per heavy atom. The number of aryl methyl sites for hydroxylation is 1. The first-order chi connectivity index (χ1) is 9.24. The van der Waals surface area contributed by atoms with E-state index in [4.69, 9.17) is 4.74 Å². The van der Waals surface area contributed by atoms with Crippen molar-refractivity contribution >= 4 is 5.69 Å². The van der Waals surface area contributed by atoms with E-state index in [-0.39, 0.29) is 0 Å². The number of rotatable bonds is 10. The molecular weight excluding hydrogens is 236 g/mol. The van der Waals surface area contributed by atoms with Gasteiger partial charge >= 0.3 is 0 Å². The second-order valence-corrected chi connectivity index (χ2v) is 4.91. The maximum atomic E-state index is 5.31. The van der Waals surface area contributed by atoms with Crippen molar-refractivity contribution in [3.05, 3.63) is 29.8 Å². The molecule has 0 heterocycles. The molecule has 0 aliphatic heterocycles. The van der Waals surface area contributed by atoms with Gasteiger partial charge in [-0.3, -0.25) is 0 Å². The molecule has 0 saturated heterocycles. The summed E-state index contributed by atoms with van der Waals surface area (Å²) in [6.07, 6.45) is 2.34. The second-order valence-electron chi connectivity index (χ2n) is 4.91. The molecule has 108 valence electrons. The number of nitrogens with one attached hydrogen (secondary N) is 1. The Labute approximate surface area is 118 Å². The van der Waals surface area contributed by atoms with Crippen LogP contribution >= 0.6 is 0 Å². The highest BCUT2D eigenvalue weighted by molar-refractivity contribution is 5.47. The van der Waals surface area contributed by atoms with E-state index < -0.39 is 0 Å². The molecule has 1 N–H and O–H groups in total.